The van der Waals surface area contributed by atoms with E-state index in [0.29, 0.717) is 13.1 Å². The molecule has 0 aliphatic heterocycles. The minimum Gasteiger partial charge on any atom is -0.388 e. The highest BCUT2D eigenvalue weighted by Crippen LogP contribution is 2.28. The zero-order chi connectivity index (χ0) is 24.8. The van der Waals surface area contributed by atoms with Gasteiger partial charge in [-0.2, -0.15) is 4.09 Å². The minimum atomic E-state index is -0.292. The topological polar surface area (TPSA) is 83.8 Å². The number of nitrogens with zero attached hydrogens (tertiary/aromatic N) is 6. The molecule has 9 nitrogen and oxygen atoms in total. The lowest BCUT2D eigenvalue weighted by Gasteiger charge is -2.26. The largest absolute Gasteiger partial charge is 0.388 e. The van der Waals surface area contributed by atoms with Crippen molar-refractivity contribution in [2.75, 3.05) is 58.3 Å². The van der Waals surface area contributed by atoms with Gasteiger partial charge in [0, 0.05) is 39.2 Å². The Kier molecular flexibility index (Phi) is 14.2. The van der Waals surface area contributed by atoms with Crippen molar-refractivity contribution in [2.45, 2.75) is 34.1 Å². The molecule has 1 heterocycles. The van der Waals surface area contributed by atoms with Gasteiger partial charge in [0.2, 0.25) is 11.7 Å². The molecule has 0 N–H and O–H groups in total. The van der Waals surface area contributed by atoms with Crippen LogP contribution in [0.4, 0.5) is 11.4 Å². The van der Waals surface area contributed by atoms with Crippen LogP contribution in [-0.4, -0.2) is 79.3 Å². The van der Waals surface area contributed by atoms with Crippen LogP contribution in [0, 0.1) is 0 Å². The number of hydrogen-bond acceptors (Lipinski definition) is 7. The Labute approximate surface area is 197 Å². The maximum Gasteiger partial charge on any atom is 0.296 e. The van der Waals surface area contributed by atoms with E-state index in [1.807, 2.05) is 64.9 Å². The summed E-state index contributed by atoms with van der Waals surface area (Å²) in [5.41, 5.74) is 2.49. The summed E-state index contributed by atoms with van der Waals surface area (Å²) in [4.78, 5) is 34.4. The van der Waals surface area contributed by atoms with Crippen LogP contribution in [0.1, 0.15) is 43.9 Å². The molecule has 0 saturated heterocycles. The van der Waals surface area contributed by atoms with Crippen LogP contribution in [0.3, 0.4) is 0 Å². The van der Waals surface area contributed by atoms with Crippen LogP contribution in [0.25, 0.3) is 0 Å². The van der Waals surface area contributed by atoms with Crippen molar-refractivity contribution in [3.8, 4) is 0 Å². The molecule has 2 rings (SSSR count). The quantitative estimate of drug-likeness (QED) is 0.632. The van der Waals surface area contributed by atoms with Crippen LogP contribution < -0.4 is 9.80 Å². The first-order valence-electron chi connectivity index (χ1n) is 10.6. The second-order valence-electron chi connectivity index (χ2n) is 6.79. The molecule has 10 heteroatoms. The van der Waals surface area contributed by atoms with E-state index in [1.54, 1.807) is 31.1 Å². The lowest BCUT2D eigenvalue weighted by Crippen LogP contribution is -2.36. The summed E-state index contributed by atoms with van der Waals surface area (Å²) >= 11 is 4.13. The number of amides is 2. The molecule has 1 aromatic heterocycles. The number of methoxy groups -OCH3 is 1. The molecular weight excluding hydrogens is 428 g/mol. The van der Waals surface area contributed by atoms with Gasteiger partial charge >= 0.3 is 0 Å². The second-order valence-corrected chi connectivity index (χ2v) is 7.17. The molecule has 0 spiro atoms. The zero-order valence-electron chi connectivity index (χ0n) is 20.8. The molecule has 0 atom stereocenters. The molecule has 2 amide bonds. The number of hydrogen-bond donors (Lipinski definition) is 1. The first-order valence-corrected chi connectivity index (χ1v) is 11.0. The average molecular weight is 467 g/mol. The van der Waals surface area contributed by atoms with Gasteiger partial charge in [-0.15, -0.1) is 5.10 Å². The van der Waals surface area contributed by atoms with Crippen molar-refractivity contribution in [3.63, 3.8) is 0 Å². The van der Waals surface area contributed by atoms with E-state index in [9.17, 15) is 9.59 Å². The molecule has 0 aliphatic carbocycles. The molecule has 0 aliphatic rings. The Morgan fingerprint density at radius 3 is 2.16 bits per heavy atom. The molecular formula is C22H38N6O3S. The molecule has 180 valence electrons. The Hall–Kier alpha value is -2.43. The number of carbonyl (C=O) groups excluding carboxylic acids is 2. The predicted molar refractivity (Wildman–Crippen MR) is 134 cm³/mol. The SMILES string of the molecule is CC.CCc1ccc(N(C)C(=O)CN(C)C)cc1N(CC)C(=O)c1ncnn1S.COC. The second kappa shape index (κ2) is 15.4. The fraction of sp³-hybridized carbons (Fsp3) is 0.545. The fourth-order valence-corrected chi connectivity index (χ4v) is 2.94. The third kappa shape index (κ3) is 8.25. The Morgan fingerprint density at radius 2 is 1.72 bits per heavy atom. The van der Waals surface area contributed by atoms with Gasteiger partial charge < -0.3 is 19.4 Å². The molecule has 0 unspecified atom stereocenters. The summed E-state index contributed by atoms with van der Waals surface area (Å²) in [6.07, 6.45) is 2.04. The molecule has 0 saturated carbocycles. The number of aryl methyl sites for hydroxylation is 1. The van der Waals surface area contributed by atoms with Crippen molar-refractivity contribution >= 4 is 36.0 Å². The van der Waals surface area contributed by atoms with Crippen LogP contribution in [0.2, 0.25) is 0 Å². The summed E-state index contributed by atoms with van der Waals surface area (Å²) in [6, 6.07) is 5.72. The van der Waals surface area contributed by atoms with Crippen molar-refractivity contribution in [2.24, 2.45) is 0 Å². The van der Waals surface area contributed by atoms with Gasteiger partial charge in [-0.05, 0) is 58.0 Å². The van der Waals surface area contributed by atoms with E-state index in [4.69, 9.17) is 0 Å². The monoisotopic (exact) mass is 466 g/mol. The van der Waals surface area contributed by atoms with Gasteiger partial charge in [0.15, 0.2) is 0 Å². The normalized spacial score (nSPS) is 9.97. The number of anilines is 2. The average Bonchev–Trinajstić information content (AvgIpc) is 3.21. The third-order valence-electron chi connectivity index (χ3n) is 4.24. The van der Waals surface area contributed by atoms with Gasteiger partial charge in [-0.1, -0.05) is 26.8 Å². The number of thiol groups is 1. The number of rotatable bonds is 7. The molecule has 2 aromatic rings. The maximum atomic E-state index is 13.0. The minimum absolute atomic E-state index is 0.0281. The molecule has 1 aromatic carbocycles. The third-order valence-corrected chi connectivity index (χ3v) is 4.53. The predicted octanol–water partition coefficient (Wildman–Crippen LogP) is 3.01. The Bertz CT molecular complexity index is 841. The first-order chi connectivity index (χ1) is 15.2. The molecule has 0 bridgehead atoms. The summed E-state index contributed by atoms with van der Waals surface area (Å²) in [7, 11) is 8.68. The zero-order valence-corrected chi connectivity index (χ0v) is 21.7. The number of ether oxygens (including phenoxy) is 1. The van der Waals surface area contributed by atoms with E-state index in [2.05, 4.69) is 27.6 Å². The number of aromatic nitrogens is 3. The summed E-state index contributed by atoms with van der Waals surface area (Å²) in [6.45, 7) is 8.68. The van der Waals surface area contributed by atoms with E-state index in [0.717, 1.165) is 27.4 Å². The number of carbonyl (C=O) groups is 2. The van der Waals surface area contributed by atoms with Crippen molar-refractivity contribution in [3.05, 3.63) is 35.9 Å². The van der Waals surface area contributed by atoms with Crippen LogP contribution in [0.5, 0.6) is 0 Å². The van der Waals surface area contributed by atoms with Gasteiger partial charge in [0.1, 0.15) is 6.33 Å². The van der Waals surface area contributed by atoms with Gasteiger partial charge in [0.05, 0.1) is 6.54 Å². The van der Waals surface area contributed by atoms with Crippen LogP contribution in [-0.2, 0) is 16.0 Å². The van der Waals surface area contributed by atoms with E-state index < -0.39 is 0 Å². The fourth-order valence-electron chi connectivity index (χ4n) is 2.75. The first kappa shape index (κ1) is 29.6. The highest BCUT2D eigenvalue weighted by molar-refractivity contribution is 7.78. The van der Waals surface area contributed by atoms with Gasteiger partial charge in [0.25, 0.3) is 5.91 Å². The van der Waals surface area contributed by atoms with E-state index >= 15 is 0 Å². The van der Waals surface area contributed by atoms with E-state index in [1.165, 1.54) is 6.33 Å². The highest BCUT2D eigenvalue weighted by atomic mass is 32.1. The lowest BCUT2D eigenvalue weighted by atomic mass is 10.1. The van der Waals surface area contributed by atoms with Crippen molar-refractivity contribution in [1.29, 1.82) is 0 Å². The van der Waals surface area contributed by atoms with Crippen molar-refractivity contribution in [1.82, 2.24) is 19.1 Å². The maximum absolute atomic E-state index is 13.0. The lowest BCUT2D eigenvalue weighted by molar-refractivity contribution is -0.118. The van der Waals surface area contributed by atoms with Gasteiger partial charge in [-0.25, -0.2) is 4.98 Å². The number of likely N-dealkylation sites (N-methyl/N-ethyl adjacent to an activating group) is 2. The van der Waals surface area contributed by atoms with Crippen LogP contribution in [0.15, 0.2) is 24.5 Å². The summed E-state index contributed by atoms with van der Waals surface area (Å²) in [5, 5.41) is 3.85. The standard InChI is InChI=1S/C18H26N6O2S.C2H6O.C2H6/c1-6-13-8-9-14(22(5)16(25)11-21(3)4)10-15(13)23(7-2)18(26)17-19-12-20-24(17)27;1-3-2;1-2/h8-10,12,27H,6-7,11H2,1-5H3;1-2H3;1-2H3. The van der Waals surface area contributed by atoms with Gasteiger partial charge in [-0.3, -0.25) is 9.59 Å². The molecule has 32 heavy (non-hydrogen) atoms. The number of benzene rings is 1. The highest BCUT2D eigenvalue weighted by Gasteiger charge is 2.24. The van der Waals surface area contributed by atoms with E-state index in [-0.39, 0.29) is 17.6 Å². The summed E-state index contributed by atoms with van der Waals surface area (Å²) in [5.74, 6) is -0.177. The van der Waals surface area contributed by atoms with Crippen LogP contribution >= 0.6 is 12.8 Å². The Morgan fingerprint density at radius 1 is 1.12 bits per heavy atom. The Balaban J connectivity index is 0.00000177. The summed E-state index contributed by atoms with van der Waals surface area (Å²) < 4.78 is 5.41. The molecule has 0 radical (unpaired) electrons. The molecule has 0 fully saturated rings. The van der Waals surface area contributed by atoms with Crippen molar-refractivity contribution < 1.29 is 14.3 Å². The smallest absolute Gasteiger partial charge is 0.296 e.